The van der Waals surface area contributed by atoms with Crippen LogP contribution in [0.4, 0.5) is 4.39 Å². The van der Waals surface area contributed by atoms with Crippen molar-refractivity contribution in [1.82, 2.24) is 5.01 Å². The number of hydrazone groups is 1. The van der Waals surface area contributed by atoms with E-state index < -0.39 is 0 Å². The van der Waals surface area contributed by atoms with Crippen LogP contribution in [0.3, 0.4) is 0 Å². The second-order valence-corrected chi connectivity index (χ2v) is 6.73. The fourth-order valence-corrected chi connectivity index (χ4v) is 3.11. The van der Waals surface area contributed by atoms with Gasteiger partial charge in [0.25, 0.3) is 0 Å². The standard InChI is InChI=1S/C18H18Cl2FN3/c19-15-6-4-14(5-7-15)13-23-8-10-24(11-9-23)22-12-16-17(20)2-1-3-18(16)21/h1-7,12H,8-11,13H2/p+1/b22-12-. The fourth-order valence-electron chi connectivity index (χ4n) is 2.77. The molecule has 0 amide bonds. The van der Waals surface area contributed by atoms with Crippen molar-refractivity contribution in [3.05, 3.63) is 69.5 Å². The highest BCUT2D eigenvalue weighted by Crippen LogP contribution is 2.16. The van der Waals surface area contributed by atoms with Gasteiger partial charge in [-0.15, -0.1) is 0 Å². The normalized spacial score (nSPS) is 16.0. The topological polar surface area (TPSA) is 20.0 Å². The largest absolute Gasteiger partial charge is 0.328 e. The van der Waals surface area contributed by atoms with E-state index in [1.165, 1.54) is 22.7 Å². The minimum atomic E-state index is -0.349. The van der Waals surface area contributed by atoms with E-state index in [9.17, 15) is 4.39 Å². The Labute approximate surface area is 151 Å². The number of rotatable bonds is 4. The van der Waals surface area contributed by atoms with Gasteiger partial charge in [0.15, 0.2) is 0 Å². The molecule has 24 heavy (non-hydrogen) atoms. The smallest absolute Gasteiger partial charge is 0.133 e. The van der Waals surface area contributed by atoms with Crippen molar-refractivity contribution >= 4 is 29.4 Å². The summed E-state index contributed by atoms with van der Waals surface area (Å²) >= 11 is 11.9. The molecular formula is C18H19Cl2FN3+. The van der Waals surface area contributed by atoms with E-state index in [-0.39, 0.29) is 5.82 Å². The molecule has 2 aromatic rings. The molecule has 6 heteroatoms. The number of benzene rings is 2. The lowest BCUT2D eigenvalue weighted by molar-refractivity contribution is -0.918. The second-order valence-electron chi connectivity index (χ2n) is 5.89. The molecule has 1 aliphatic rings. The summed E-state index contributed by atoms with van der Waals surface area (Å²) in [6.07, 6.45) is 1.52. The number of quaternary nitrogens is 1. The molecule has 0 saturated carbocycles. The van der Waals surface area contributed by atoms with Crippen molar-refractivity contribution in [2.45, 2.75) is 6.54 Å². The van der Waals surface area contributed by atoms with Gasteiger partial charge >= 0.3 is 0 Å². The number of nitrogens with zero attached hydrogens (tertiary/aromatic N) is 2. The van der Waals surface area contributed by atoms with Crippen molar-refractivity contribution in [3.8, 4) is 0 Å². The van der Waals surface area contributed by atoms with Gasteiger partial charge in [-0.25, -0.2) is 4.39 Å². The number of hydrogen-bond donors (Lipinski definition) is 1. The first kappa shape index (κ1) is 17.2. The first-order valence-electron chi connectivity index (χ1n) is 7.93. The van der Waals surface area contributed by atoms with Crippen LogP contribution in [-0.2, 0) is 6.54 Å². The maximum Gasteiger partial charge on any atom is 0.133 e. The molecule has 0 bridgehead atoms. The Hall–Kier alpha value is -1.62. The lowest BCUT2D eigenvalue weighted by Gasteiger charge is -2.30. The monoisotopic (exact) mass is 366 g/mol. The van der Waals surface area contributed by atoms with E-state index in [4.69, 9.17) is 23.2 Å². The summed E-state index contributed by atoms with van der Waals surface area (Å²) in [4.78, 5) is 1.51. The summed E-state index contributed by atoms with van der Waals surface area (Å²) in [6.45, 7) is 4.64. The van der Waals surface area contributed by atoms with Gasteiger partial charge in [0.2, 0.25) is 0 Å². The molecule has 1 aliphatic heterocycles. The van der Waals surface area contributed by atoms with E-state index in [1.54, 1.807) is 12.1 Å². The lowest BCUT2D eigenvalue weighted by atomic mass is 10.2. The molecule has 1 N–H and O–H groups in total. The number of halogens is 3. The third-order valence-corrected chi connectivity index (χ3v) is 4.75. The van der Waals surface area contributed by atoms with Crippen LogP contribution in [0.25, 0.3) is 0 Å². The van der Waals surface area contributed by atoms with Crippen LogP contribution in [-0.4, -0.2) is 37.4 Å². The van der Waals surface area contributed by atoms with Gasteiger partial charge in [0.05, 0.1) is 37.4 Å². The van der Waals surface area contributed by atoms with E-state index in [0.29, 0.717) is 10.6 Å². The van der Waals surface area contributed by atoms with Gasteiger partial charge < -0.3 is 4.90 Å². The van der Waals surface area contributed by atoms with E-state index >= 15 is 0 Å². The molecule has 0 atom stereocenters. The van der Waals surface area contributed by atoms with Crippen molar-refractivity contribution in [2.24, 2.45) is 5.10 Å². The lowest BCUT2D eigenvalue weighted by Crippen LogP contribution is -3.13. The highest BCUT2D eigenvalue weighted by atomic mass is 35.5. The van der Waals surface area contributed by atoms with Crippen molar-refractivity contribution < 1.29 is 9.29 Å². The fraction of sp³-hybridized carbons (Fsp3) is 0.278. The van der Waals surface area contributed by atoms with Crippen molar-refractivity contribution in [3.63, 3.8) is 0 Å². The first-order valence-corrected chi connectivity index (χ1v) is 8.68. The van der Waals surface area contributed by atoms with E-state index in [1.807, 2.05) is 17.1 Å². The third-order valence-electron chi connectivity index (χ3n) is 4.16. The molecule has 126 valence electrons. The quantitative estimate of drug-likeness (QED) is 0.824. The summed E-state index contributed by atoms with van der Waals surface area (Å²) in [5.41, 5.74) is 1.62. The van der Waals surface area contributed by atoms with Gasteiger partial charge in [0, 0.05) is 16.1 Å². The minimum Gasteiger partial charge on any atom is -0.328 e. The Bertz CT molecular complexity index is 690. The predicted octanol–water partition coefficient (Wildman–Crippen LogP) is 2.87. The van der Waals surface area contributed by atoms with E-state index in [2.05, 4.69) is 17.2 Å². The third kappa shape index (κ3) is 4.47. The molecule has 0 spiro atoms. The zero-order valence-corrected chi connectivity index (χ0v) is 14.7. The molecule has 1 fully saturated rings. The predicted molar refractivity (Wildman–Crippen MR) is 96.4 cm³/mol. The van der Waals surface area contributed by atoms with Crippen LogP contribution in [0.1, 0.15) is 11.1 Å². The number of hydrogen-bond acceptors (Lipinski definition) is 2. The summed E-state index contributed by atoms with van der Waals surface area (Å²) in [5.74, 6) is -0.349. The van der Waals surface area contributed by atoms with Gasteiger partial charge in [-0.2, -0.15) is 5.10 Å². The Kier molecular flexibility index (Phi) is 5.72. The van der Waals surface area contributed by atoms with E-state index in [0.717, 1.165) is 37.7 Å². The SMILES string of the molecule is Fc1cccc(Cl)c1/C=N\N1CC[NH+](Cc2ccc(Cl)cc2)CC1. The molecule has 0 unspecified atom stereocenters. The maximum atomic E-state index is 13.7. The molecule has 3 rings (SSSR count). The van der Waals surface area contributed by atoms with Gasteiger partial charge in [0.1, 0.15) is 12.4 Å². The summed E-state index contributed by atoms with van der Waals surface area (Å²) in [5, 5.41) is 7.49. The summed E-state index contributed by atoms with van der Waals surface area (Å²) < 4.78 is 13.7. The summed E-state index contributed by atoms with van der Waals surface area (Å²) in [7, 11) is 0. The zero-order valence-electron chi connectivity index (χ0n) is 13.2. The molecular weight excluding hydrogens is 348 g/mol. The van der Waals surface area contributed by atoms with Crippen LogP contribution in [0, 0.1) is 5.82 Å². The molecule has 0 aliphatic carbocycles. The van der Waals surface area contributed by atoms with Crippen LogP contribution < -0.4 is 4.90 Å². The average molecular weight is 367 g/mol. The molecule has 3 nitrogen and oxygen atoms in total. The Morgan fingerprint density at radius 1 is 1.08 bits per heavy atom. The highest BCUT2D eigenvalue weighted by molar-refractivity contribution is 6.33. The zero-order chi connectivity index (χ0) is 16.9. The Morgan fingerprint density at radius 3 is 2.46 bits per heavy atom. The highest BCUT2D eigenvalue weighted by Gasteiger charge is 2.18. The summed E-state index contributed by atoms with van der Waals surface area (Å²) in [6, 6.07) is 12.6. The molecule has 0 aromatic heterocycles. The maximum absolute atomic E-state index is 13.7. The van der Waals surface area contributed by atoms with Crippen molar-refractivity contribution in [1.29, 1.82) is 0 Å². The number of nitrogens with one attached hydrogen (secondary N) is 1. The minimum absolute atomic E-state index is 0.343. The second kappa shape index (κ2) is 7.97. The Balaban J connectivity index is 1.53. The van der Waals surface area contributed by atoms with Crippen LogP contribution in [0.2, 0.25) is 10.0 Å². The average Bonchev–Trinajstić information content (AvgIpc) is 2.58. The van der Waals surface area contributed by atoms with Crippen LogP contribution in [0.5, 0.6) is 0 Å². The van der Waals surface area contributed by atoms with Gasteiger partial charge in [-0.3, -0.25) is 5.01 Å². The molecule has 1 saturated heterocycles. The first-order chi connectivity index (χ1) is 11.6. The molecule has 1 heterocycles. The van der Waals surface area contributed by atoms with Gasteiger partial charge in [-0.05, 0) is 24.3 Å². The van der Waals surface area contributed by atoms with Gasteiger partial charge in [-0.1, -0.05) is 41.4 Å². The molecule has 2 aromatic carbocycles. The van der Waals surface area contributed by atoms with Crippen LogP contribution >= 0.6 is 23.2 Å². The number of piperazine rings is 1. The molecule has 0 radical (unpaired) electrons. The van der Waals surface area contributed by atoms with Crippen molar-refractivity contribution in [2.75, 3.05) is 26.2 Å². The van der Waals surface area contributed by atoms with Crippen LogP contribution in [0.15, 0.2) is 47.6 Å². The Morgan fingerprint density at radius 2 is 1.79 bits per heavy atom.